The lowest BCUT2D eigenvalue weighted by molar-refractivity contribution is 0.318. The van der Waals surface area contributed by atoms with Crippen LogP contribution in [0, 0.1) is 0 Å². The molecule has 4 heteroatoms. The third-order valence-corrected chi connectivity index (χ3v) is 3.70. The van der Waals surface area contributed by atoms with E-state index in [-0.39, 0.29) is 5.84 Å². The molecule has 0 saturated carbocycles. The summed E-state index contributed by atoms with van der Waals surface area (Å²) < 4.78 is 0. The first-order valence-corrected chi connectivity index (χ1v) is 6.61. The first-order chi connectivity index (χ1) is 8.76. The Bertz CT molecular complexity index is 414. The molecule has 1 aliphatic heterocycles. The minimum Gasteiger partial charge on any atom is -0.409 e. The van der Waals surface area contributed by atoms with E-state index in [4.69, 9.17) is 10.9 Å². The predicted octanol–water partition coefficient (Wildman–Crippen LogP) is 2.55. The minimum atomic E-state index is 0.159. The first-order valence-electron chi connectivity index (χ1n) is 6.61. The maximum atomic E-state index is 8.64. The van der Waals surface area contributed by atoms with Crippen molar-refractivity contribution in [1.82, 2.24) is 0 Å². The molecule has 1 atom stereocenters. The fourth-order valence-corrected chi connectivity index (χ4v) is 2.65. The highest BCUT2D eigenvalue weighted by Gasteiger charge is 2.20. The zero-order valence-corrected chi connectivity index (χ0v) is 10.8. The summed E-state index contributed by atoms with van der Waals surface area (Å²) in [5.41, 5.74) is 7.55. The molecule has 4 nitrogen and oxygen atoms in total. The first kappa shape index (κ1) is 12.7. The average molecular weight is 247 g/mol. The average Bonchev–Trinajstić information content (AvgIpc) is 2.46. The Kier molecular flexibility index (Phi) is 4.07. The van der Waals surface area contributed by atoms with Crippen LogP contribution in [-0.4, -0.2) is 23.6 Å². The van der Waals surface area contributed by atoms with Gasteiger partial charge in [-0.25, -0.2) is 0 Å². The Labute approximate surface area is 108 Å². The van der Waals surface area contributed by atoms with Gasteiger partial charge in [0.1, 0.15) is 0 Å². The summed E-state index contributed by atoms with van der Waals surface area (Å²) in [7, 11) is 0. The van der Waals surface area contributed by atoms with E-state index in [1.807, 2.05) is 12.1 Å². The van der Waals surface area contributed by atoms with Gasteiger partial charge in [-0.05, 0) is 49.9 Å². The van der Waals surface area contributed by atoms with Crippen LogP contribution in [0.1, 0.15) is 38.2 Å². The lowest BCUT2D eigenvalue weighted by Crippen LogP contribution is -2.39. The van der Waals surface area contributed by atoms with Crippen LogP contribution in [0.4, 0.5) is 5.69 Å². The van der Waals surface area contributed by atoms with E-state index >= 15 is 0 Å². The van der Waals surface area contributed by atoms with Crippen LogP contribution in [0.25, 0.3) is 0 Å². The Morgan fingerprint density at radius 2 is 2.11 bits per heavy atom. The van der Waals surface area contributed by atoms with Crippen LogP contribution in [0.5, 0.6) is 0 Å². The van der Waals surface area contributed by atoms with Gasteiger partial charge in [0.15, 0.2) is 5.84 Å². The molecule has 0 aromatic heterocycles. The molecule has 1 aromatic rings. The summed E-state index contributed by atoms with van der Waals surface area (Å²) >= 11 is 0. The van der Waals surface area contributed by atoms with E-state index in [2.05, 4.69) is 29.1 Å². The summed E-state index contributed by atoms with van der Waals surface area (Å²) in [6.07, 6.45) is 5.05. The third-order valence-electron chi connectivity index (χ3n) is 3.70. The zero-order valence-electron chi connectivity index (χ0n) is 10.8. The molecule has 3 N–H and O–H groups in total. The molecular formula is C14H21N3O. The van der Waals surface area contributed by atoms with Crippen LogP contribution >= 0.6 is 0 Å². The summed E-state index contributed by atoms with van der Waals surface area (Å²) in [4.78, 5) is 2.47. The lowest BCUT2D eigenvalue weighted by Gasteiger charge is -2.37. The Hall–Kier alpha value is -1.71. The van der Waals surface area contributed by atoms with Gasteiger partial charge in [-0.15, -0.1) is 0 Å². The van der Waals surface area contributed by atoms with Crippen molar-refractivity contribution in [3.8, 4) is 0 Å². The molecule has 1 aliphatic rings. The number of anilines is 1. The van der Waals surface area contributed by atoms with Gasteiger partial charge < -0.3 is 15.8 Å². The standard InChI is InChI=1S/C14H21N3O/c1-2-12-5-3-4-10-17(12)13-8-6-11(7-9-13)14(15)16-18/h6-9,12,18H,2-5,10H2,1H3,(H2,15,16). The number of rotatable bonds is 3. The number of amidine groups is 1. The van der Waals surface area contributed by atoms with Crippen molar-refractivity contribution in [3.63, 3.8) is 0 Å². The van der Waals surface area contributed by atoms with E-state index < -0.39 is 0 Å². The Balaban J connectivity index is 2.17. The second-order valence-corrected chi connectivity index (χ2v) is 4.78. The molecule has 18 heavy (non-hydrogen) atoms. The number of hydrogen-bond donors (Lipinski definition) is 2. The normalized spacial score (nSPS) is 21.1. The highest BCUT2D eigenvalue weighted by molar-refractivity contribution is 5.97. The molecule has 1 heterocycles. The zero-order chi connectivity index (χ0) is 13.0. The van der Waals surface area contributed by atoms with Gasteiger partial charge >= 0.3 is 0 Å². The van der Waals surface area contributed by atoms with Crippen LogP contribution in [0.15, 0.2) is 29.4 Å². The molecule has 98 valence electrons. The molecule has 0 bridgehead atoms. The van der Waals surface area contributed by atoms with Gasteiger partial charge in [0.25, 0.3) is 0 Å². The SMILES string of the molecule is CCC1CCCCN1c1ccc(/C(N)=N/O)cc1. The van der Waals surface area contributed by atoms with Crippen molar-refractivity contribution in [3.05, 3.63) is 29.8 Å². The van der Waals surface area contributed by atoms with Crippen LogP contribution in [0.2, 0.25) is 0 Å². The molecule has 0 radical (unpaired) electrons. The number of piperidine rings is 1. The van der Waals surface area contributed by atoms with Crippen LogP contribution < -0.4 is 10.6 Å². The van der Waals surface area contributed by atoms with Gasteiger partial charge in [0, 0.05) is 23.8 Å². The summed E-state index contributed by atoms with van der Waals surface area (Å²) in [6, 6.07) is 8.58. The number of nitrogens with two attached hydrogens (primary N) is 1. The monoisotopic (exact) mass is 247 g/mol. The molecule has 0 amide bonds. The maximum Gasteiger partial charge on any atom is 0.170 e. The molecule has 2 rings (SSSR count). The van der Waals surface area contributed by atoms with E-state index in [1.165, 1.54) is 31.4 Å². The largest absolute Gasteiger partial charge is 0.409 e. The van der Waals surface area contributed by atoms with Crippen molar-refractivity contribution in [1.29, 1.82) is 0 Å². The molecule has 1 aromatic carbocycles. The van der Waals surface area contributed by atoms with Crippen molar-refractivity contribution in [2.45, 2.75) is 38.6 Å². The van der Waals surface area contributed by atoms with Crippen molar-refractivity contribution >= 4 is 11.5 Å². The molecule has 0 spiro atoms. The van der Waals surface area contributed by atoms with Gasteiger partial charge in [-0.2, -0.15) is 0 Å². The van der Waals surface area contributed by atoms with Crippen LogP contribution in [0.3, 0.4) is 0 Å². The minimum absolute atomic E-state index is 0.159. The number of benzene rings is 1. The van der Waals surface area contributed by atoms with E-state index in [0.717, 1.165) is 12.1 Å². The highest BCUT2D eigenvalue weighted by atomic mass is 16.4. The number of nitrogens with zero attached hydrogens (tertiary/aromatic N) is 2. The third kappa shape index (κ3) is 2.58. The predicted molar refractivity (Wildman–Crippen MR) is 74.2 cm³/mol. The lowest BCUT2D eigenvalue weighted by atomic mass is 9.99. The molecule has 0 aliphatic carbocycles. The Morgan fingerprint density at radius 1 is 1.39 bits per heavy atom. The fourth-order valence-electron chi connectivity index (χ4n) is 2.65. The highest BCUT2D eigenvalue weighted by Crippen LogP contribution is 2.26. The summed E-state index contributed by atoms with van der Waals surface area (Å²) in [6.45, 7) is 3.37. The van der Waals surface area contributed by atoms with Gasteiger partial charge in [-0.1, -0.05) is 12.1 Å². The molecule has 1 unspecified atom stereocenters. The number of oxime groups is 1. The Morgan fingerprint density at radius 3 is 2.72 bits per heavy atom. The van der Waals surface area contributed by atoms with E-state index in [9.17, 15) is 0 Å². The van der Waals surface area contributed by atoms with Crippen LogP contribution in [-0.2, 0) is 0 Å². The smallest absolute Gasteiger partial charge is 0.170 e. The summed E-state index contributed by atoms with van der Waals surface area (Å²) in [5.74, 6) is 0.159. The van der Waals surface area contributed by atoms with E-state index in [1.54, 1.807) is 0 Å². The van der Waals surface area contributed by atoms with Crippen molar-refractivity contribution in [2.24, 2.45) is 10.9 Å². The van der Waals surface area contributed by atoms with Crippen molar-refractivity contribution in [2.75, 3.05) is 11.4 Å². The molecular weight excluding hydrogens is 226 g/mol. The second-order valence-electron chi connectivity index (χ2n) is 4.78. The van der Waals surface area contributed by atoms with E-state index in [0.29, 0.717) is 6.04 Å². The van der Waals surface area contributed by atoms with Crippen molar-refractivity contribution < 1.29 is 5.21 Å². The maximum absolute atomic E-state index is 8.64. The number of hydrogen-bond acceptors (Lipinski definition) is 3. The topological polar surface area (TPSA) is 61.8 Å². The van der Waals surface area contributed by atoms with Gasteiger partial charge in [0.2, 0.25) is 0 Å². The van der Waals surface area contributed by atoms with Gasteiger partial charge in [0.05, 0.1) is 0 Å². The fraction of sp³-hybridized carbons (Fsp3) is 0.500. The molecule has 1 fully saturated rings. The second kappa shape index (κ2) is 5.76. The van der Waals surface area contributed by atoms with Gasteiger partial charge in [-0.3, -0.25) is 0 Å². The quantitative estimate of drug-likeness (QED) is 0.373. The summed E-state index contributed by atoms with van der Waals surface area (Å²) in [5, 5.41) is 11.7. The molecule has 1 saturated heterocycles.